The summed E-state index contributed by atoms with van der Waals surface area (Å²) in [6.07, 6.45) is 7.80. The first kappa shape index (κ1) is 18.4. The first-order valence-electron chi connectivity index (χ1n) is 10.8. The minimum absolute atomic E-state index is 0.0540. The molecule has 4 aliphatic rings. The third kappa shape index (κ3) is 3.53. The zero-order valence-electron chi connectivity index (χ0n) is 16.6. The largest absolute Gasteiger partial charge is 0.349 e. The lowest BCUT2D eigenvalue weighted by molar-refractivity contribution is -0.128. The standard InChI is InChI=1S/C24H30N2OS/c1-16(25-22(21-8-5-9-28-21)20-6-3-2-4-7-20)23(27)26-24-13-17-10-18(14-24)12-19(11-17)15-24/h2-9,16-19,22,25H,10-15H2,1H3,(H,26,27)/t16-,17?,18?,19?,22+,24?/m1/s1. The van der Waals surface area contributed by atoms with Gasteiger partial charge in [0.2, 0.25) is 5.91 Å². The lowest BCUT2D eigenvalue weighted by atomic mass is 9.53. The van der Waals surface area contributed by atoms with Crippen LogP contribution in [0.25, 0.3) is 0 Å². The van der Waals surface area contributed by atoms with Crippen molar-refractivity contribution in [1.82, 2.24) is 10.6 Å². The van der Waals surface area contributed by atoms with E-state index in [0.717, 1.165) is 17.8 Å². The maximum absolute atomic E-state index is 13.2. The highest BCUT2D eigenvalue weighted by Gasteiger charge is 2.51. The van der Waals surface area contributed by atoms with Crippen molar-refractivity contribution in [1.29, 1.82) is 0 Å². The van der Waals surface area contributed by atoms with Crippen LogP contribution in [-0.2, 0) is 4.79 Å². The van der Waals surface area contributed by atoms with Crippen LogP contribution in [0.2, 0.25) is 0 Å². The molecule has 0 radical (unpaired) electrons. The summed E-state index contributed by atoms with van der Waals surface area (Å²) in [7, 11) is 0. The predicted molar refractivity (Wildman–Crippen MR) is 114 cm³/mol. The molecule has 4 bridgehead atoms. The molecule has 1 aromatic carbocycles. The molecular formula is C24H30N2OS. The van der Waals surface area contributed by atoms with Crippen molar-refractivity contribution < 1.29 is 4.79 Å². The monoisotopic (exact) mass is 394 g/mol. The van der Waals surface area contributed by atoms with Gasteiger partial charge in [-0.15, -0.1) is 11.3 Å². The maximum Gasteiger partial charge on any atom is 0.237 e. The number of thiophene rings is 1. The van der Waals surface area contributed by atoms with Crippen LogP contribution in [0.4, 0.5) is 0 Å². The Hall–Kier alpha value is -1.65. The van der Waals surface area contributed by atoms with Gasteiger partial charge in [0, 0.05) is 10.4 Å². The molecule has 3 nitrogen and oxygen atoms in total. The summed E-state index contributed by atoms with van der Waals surface area (Å²) < 4.78 is 0. The van der Waals surface area contributed by atoms with Gasteiger partial charge in [-0.2, -0.15) is 0 Å². The molecule has 4 aliphatic carbocycles. The summed E-state index contributed by atoms with van der Waals surface area (Å²) in [5.41, 5.74) is 1.28. The van der Waals surface area contributed by atoms with Crippen molar-refractivity contribution in [3.63, 3.8) is 0 Å². The third-order valence-corrected chi connectivity index (χ3v) is 8.13. The van der Waals surface area contributed by atoms with E-state index in [0.29, 0.717) is 0 Å². The molecule has 4 saturated carbocycles. The van der Waals surface area contributed by atoms with Crippen molar-refractivity contribution in [2.45, 2.75) is 63.1 Å². The SMILES string of the molecule is C[C@@H](N[C@@H](c1ccccc1)c1cccs1)C(=O)NC12CC3CC(CC(C3)C1)C2. The van der Waals surface area contributed by atoms with Gasteiger partial charge < -0.3 is 5.32 Å². The first-order chi connectivity index (χ1) is 13.6. The van der Waals surface area contributed by atoms with E-state index in [1.165, 1.54) is 49.0 Å². The van der Waals surface area contributed by atoms with E-state index in [-0.39, 0.29) is 23.5 Å². The molecule has 2 atom stereocenters. The molecule has 1 amide bonds. The second-order valence-electron chi connectivity index (χ2n) is 9.43. The second kappa shape index (κ2) is 7.31. The van der Waals surface area contributed by atoms with Crippen LogP contribution in [-0.4, -0.2) is 17.5 Å². The molecule has 28 heavy (non-hydrogen) atoms. The van der Waals surface area contributed by atoms with Crippen LogP contribution in [0.3, 0.4) is 0 Å². The van der Waals surface area contributed by atoms with Gasteiger partial charge in [0.05, 0.1) is 12.1 Å². The zero-order valence-corrected chi connectivity index (χ0v) is 17.4. The van der Waals surface area contributed by atoms with Gasteiger partial charge in [-0.05, 0) is 80.2 Å². The number of rotatable bonds is 6. The number of hydrogen-bond acceptors (Lipinski definition) is 3. The van der Waals surface area contributed by atoms with Crippen LogP contribution in [0.1, 0.15) is 61.9 Å². The van der Waals surface area contributed by atoms with Crippen LogP contribution < -0.4 is 10.6 Å². The fourth-order valence-corrected chi connectivity index (χ4v) is 7.21. The predicted octanol–water partition coefficient (Wildman–Crippen LogP) is 4.90. The molecule has 1 heterocycles. The number of hydrogen-bond donors (Lipinski definition) is 2. The topological polar surface area (TPSA) is 41.1 Å². The Balaban J connectivity index is 1.30. The molecule has 6 rings (SSSR count). The minimum Gasteiger partial charge on any atom is -0.349 e. The molecule has 4 fully saturated rings. The van der Waals surface area contributed by atoms with Crippen molar-refractivity contribution in [3.8, 4) is 0 Å². The molecule has 0 aliphatic heterocycles. The third-order valence-electron chi connectivity index (χ3n) is 7.20. The summed E-state index contributed by atoms with van der Waals surface area (Å²) in [5.74, 6) is 2.70. The highest BCUT2D eigenvalue weighted by Crippen LogP contribution is 2.55. The van der Waals surface area contributed by atoms with Gasteiger partial charge in [-0.1, -0.05) is 36.4 Å². The number of carbonyl (C=O) groups is 1. The van der Waals surface area contributed by atoms with E-state index >= 15 is 0 Å². The Bertz CT molecular complexity index is 781. The second-order valence-corrected chi connectivity index (χ2v) is 10.4. The molecule has 148 valence electrons. The molecular weight excluding hydrogens is 364 g/mol. The van der Waals surface area contributed by atoms with Gasteiger partial charge in [0.25, 0.3) is 0 Å². The van der Waals surface area contributed by atoms with Gasteiger partial charge in [-0.25, -0.2) is 0 Å². The molecule has 2 N–H and O–H groups in total. The quantitative estimate of drug-likeness (QED) is 0.732. The zero-order chi connectivity index (χ0) is 19.1. The summed E-state index contributed by atoms with van der Waals surface area (Å²) in [4.78, 5) is 14.4. The molecule has 4 heteroatoms. The Morgan fingerprint density at radius 1 is 1.00 bits per heavy atom. The van der Waals surface area contributed by atoms with Crippen molar-refractivity contribution >= 4 is 17.2 Å². The van der Waals surface area contributed by atoms with E-state index in [2.05, 4.69) is 52.4 Å². The molecule has 2 aromatic rings. The average Bonchev–Trinajstić information content (AvgIpc) is 3.19. The van der Waals surface area contributed by atoms with E-state index in [1.807, 2.05) is 13.0 Å². The molecule has 0 saturated heterocycles. The Morgan fingerprint density at radius 2 is 1.64 bits per heavy atom. The summed E-state index contributed by atoms with van der Waals surface area (Å²) >= 11 is 1.74. The van der Waals surface area contributed by atoms with Crippen LogP contribution in [0, 0.1) is 17.8 Å². The van der Waals surface area contributed by atoms with Crippen molar-refractivity contribution in [3.05, 3.63) is 58.3 Å². The molecule has 0 spiro atoms. The van der Waals surface area contributed by atoms with Gasteiger partial charge in [0.1, 0.15) is 0 Å². The number of nitrogens with one attached hydrogen (secondary N) is 2. The molecule has 1 aromatic heterocycles. The van der Waals surface area contributed by atoms with E-state index in [9.17, 15) is 4.79 Å². The van der Waals surface area contributed by atoms with Gasteiger partial charge in [0.15, 0.2) is 0 Å². The fourth-order valence-electron chi connectivity index (χ4n) is 6.40. The fraction of sp³-hybridized carbons (Fsp3) is 0.542. The van der Waals surface area contributed by atoms with Gasteiger partial charge in [-0.3, -0.25) is 10.1 Å². The lowest BCUT2D eigenvalue weighted by Gasteiger charge is -2.57. The van der Waals surface area contributed by atoms with Gasteiger partial charge >= 0.3 is 0 Å². The van der Waals surface area contributed by atoms with E-state index in [4.69, 9.17) is 0 Å². The van der Waals surface area contributed by atoms with E-state index < -0.39 is 0 Å². The number of benzene rings is 1. The smallest absolute Gasteiger partial charge is 0.237 e. The Labute approximate surface area is 171 Å². The number of carbonyl (C=O) groups excluding carboxylic acids is 1. The lowest BCUT2D eigenvalue weighted by Crippen LogP contribution is -2.62. The average molecular weight is 395 g/mol. The van der Waals surface area contributed by atoms with Crippen molar-refractivity contribution in [2.75, 3.05) is 0 Å². The normalized spacial score (nSPS) is 32.8. The van der Waals surface area contributed by atoms with Crippen LogP contribution in [0.15, 0.2) is 47.8 Å². The highest BCUT2D eigenvalue weighted by atomic mass is 32.1. The van der Waals surface area contributed by atoms with Crippen LogP contribution in [0.5, 0.6) is 0 Å². The summed E-state index contributed by atoms with van der Waals surface area (Å²) in [6, 6.07) is 14.5. The van der Waals surface area contributed by atoms with Crippen molar-refractivity contribution in [2.24, 2.45) is 17.8 Å². The highest BCUT2D eigenvalue weighted by molar-refractivity contribution is 7.10. The minimum atomic E-state index is -0.222. The Morgan fingerprint density at radius 3 is 2.21 bits per heavy atom. The maximum atomic E-state index is 13.2. The van der Waals surface area contributed by atoms with Crippen LogP contribution >= 0.6 is 11.3 Å². The first-order valence-corrected chi connectivity index (χ1v) is 11.6. The summed E-state index contributed by atoms with van der Waals surface area (Å²) in [5, 5.41) is 9.25. The summed E-state index contributed by atoms with van der Waals surface area (Å²) in [6.45, 7) is 2.01. The van der Waals surface area contributed by atoms with E-state index in [1.54, 1.807) is 11.3 Å². The molecule has 0 unspecified atom stereocenters. The Kier molecular flexibility index (Phi) is 4.80. The number of amides is 1.